The number of anilines is 1. The number of pyridine rings is 1. The van der Waals surface area contributed by atoms with E-state index in [1.807, 2.05) is 43.3 Å². The first kappa shape index (κ1) is 23.8. The molecular weight excluding hydrogens is 483 g/mol. The lowest BCUT2D eigenvalue weighted by Gasteiger charge is -2.18. The average Bonchev–Trinajstić information content (AvgIpc) is 3.35. The Balaban J connectivity index is 1.25. The third kappa shape index (κ3) is 4.62. The molecule has 1 aliphatic rings. The third-order valence-corrected chi connectivity index (χ3v) is 6.96. The van der Waals surface area contributed by atoms with Gasteiger partial charge in [0, 0.05) is 34.9 Å². The summed E-state index contributed by atoms with van der Waals surface area (Å²) in [6.45, 7) is 3.70. The fourth-order valence-electron chi connectivity index (χ4n) is 4.98. The van der Waals surface area contributed by atoms with Crippen LogP contribution in [0.25, 0.3) is 21.9 Å². The molecule has 0 radical (unpaired) electrons. The van der Waals surface area contributed by atoms with E-state index in [-0.39, 0.29) is 17.7 Å². The molecule has 3 heterocycles. The lowest BCUT2D eigenvalue weighted by Crippen LogP contribution is -2.23. The van der Waals surface area contributed by atoms with Gasteiger partial charge in [-0.05, 0) is 96.1 Å². The quantitative estimate of drug-likeness (QED) is 0.347. The van der Waals surface area contributed by atoms with E-state index in [4.69, 9.17) is 4.52 Å². The molecule has 0 bridgehead atoms. The molecule has 8 heteroatoms. The molecule has 0 atom stereocenters. The maximum atomic E-state index is 14.5. The normalized spacial score (nSPS) is 12.9. The number of benzene rings is 3. The first-order chi connectivity index (χ1) is 18.4. The number of rotatable bonds is 5. The van der Waals surface area contributed by atoms with Crippen LogP contribution >= 0.6 is 0 Å². The Morgan fingerprint density at radius 2 is 2.00 bits per heavy atom. The topological polar surface area (TPSA) is 89.2 Å². The van der Waals surface area contributed by atoms with Crippen molar-refractivity contribution < 1.29 is 13.7 Å². The molecule has 38 heavy (non-hydrogen) atoms. The monoisotopic (exact) mass is 508 g/mol. The molecule has 2 N–H and O–H groups in total. The van der Waals surface area contributed by atoms with Crippen LogP contribution < -0.4 is 16.2 Å². The van der Waals surface area contributed by atoms with Crippen molar-refractivity contribution in [3.8, 4) is 11.1 Å². The van der Waals surface area contributed by atoms with Gasteiger partial charge in [-0.3, -0.25) is 9.59 Å². The molecule has 0 unspecified atom stereocenters. The van der Waals surface area contributed by atoms with E-state index < -0.39 is 11.7 Å². The van der Waals surface area contributed by atoms with Crippen LogP contribution in [0.5, 0.6) is 0 Å². The molecule has 5 aromatic rings. The van der Waals surface area contributed by atoms with E-state index in [2.05, 4.69) is 15.8 Å². The summed E-state index contributed by atoms with van der Waals surface area (Å²) < 4.78 is 21.1. The van der Waals surface area contributed by atoms with Crippen LogP contribution in [0.15, 0.2) is 82.4 Å². The van der Waals surface area contributed by atoms with Crippen LogP contribution in [0.4, 0.5) is 10.1 Å². The highest BCUT2D eigenvalue weighted by Crippen LogP contribution is 2.26. The van der Waals surface area contributed by atoms with E-state index in [9.17, 15) is 14.0 Å². The fraction of sp³-hybridized carbons (Fsp3) is 0.167. The Hall–Kier alpha value is -4.56. The van der Waals surface area contributed by atoms with Crippen LogP contribution in [0.3, 0.4) is 0 Å². The van der Waals surface area contributed by atoms with Crippen molar-refractivity contribution >= 4 is 22.4 Å². The summed E-state index contributed by atoms with van der Waals surface area (Å²) in [4.78, 5) is 26.2. The van der Waals surface area contributed by atoms with Crippen molar-refractivity contribution in [1.82, 2.24) is 15.0 Å². The Labute approximate surface area is 217 Å². The van der Waals surface area contributed by atoms with Crippen LogP contribution in [-0.2, 0) is 19.5 Å². The van der Waals surface area contributed by atoms with Crippen molar-refractivity contribution in [3.63, 3.8) is 0 Å². The van der Waals surface area contributed by atoms with E-state index in [0.29, 0.717) is 16.6 Å². The number of nitrogens with one attached hydrogen (secondary N) is 2. The predicted molar refractivity (Wildman–Crippen MR) is 144 cm³/mol. The van der Waals surface area contributed by atoms with Crippen molar-refractivity contribution in [3.05, 3.63) is 117 Å². The van der Waals surface area contributed by atoms with Gasteiger partial charge in [0.2, 0.25) is 0 Å². The molecule has 6 rings (SSSR count). The summed E-state index contributed by atoms with van der Waals surface area (Å²) in [6.07, 6.45) is 4.16. The highest BCUT2D eigenvalue weighted by Gasteiger charge is 2.14. The molecular formula is C30H25FN4O3. The summed E-state index contributed by atoms with van der Waals surface area (Å²) in [5.41, 5.74) is 6.15. The Kier molecular flexibility index (Phi) is 6.09. The minimum atomic E-state index is -0.535. The van der Waals surface area contributed by atoms with Gasteiger partial charge in [-0.2, -0.15) is 0 Å². The SMILES string of the molecule is Cc1nocc1-c1ccc2c(=O)n(Cc3cc(F)cc(C(=O)Nc4ccc5c(c4)CCNC5)c3)ccc2c1. The zero-order valence-electron chi connectivity index (χ0n) is 20.8. The van der Waals surface area contributed by atoms with E-state index in [1.165, 1.54) is 27.8 Å². The van der Waals surface area contributed by atoms with Gasteiger partial charge in [-0.15, -0.1) is 0 Å². The lowest BCUT2D eigenvalue weighted by atomic mass is 10.0. The Bertz CT molecular complexity index is 1750. The maximum absolute atomic E-state index is 14.5. The molecule has 190 valence electrons. The highest BCUT2D eigenvalue weighted by atomic mass is 19.1. The average molecular weight is 509 g/mol. The summed E-state index contributed by atoms with van der Waals surface area (Å²) in [5, 5.41) is 11.4. The molecule has 3 aromatic carbocycles. The molecule has 0 saturated carbocycles. The number of halogens is 1. The molecule has 1 aliphatic heterocycles. The third-order valence-electron chi connectivity index (χ3n) is 6.96. The molecule has 0 fully saturated rings. The zero-order chi connectivity index (χ0) is 26.2. The smallest absolute Gasteiger partial charge is 0.258 e. The van der Waals surface area contributed by atoms with Crippen molar-refractivity contribution in [2.24, 2.45) is 0 Å². The first-order valence-corrected chi connectivity index (χ1v) is 12.4. The zero-order valence-corrected chi connectivity index (χ0v) is 20.8. The standard InChI is InChI=1S/C30H25FN4O3/c1-18-28(17-38-34-18)21-3-5-27-22(12-21)7-9-35(30(27)37)16-19-10-24(13-25(31)11-19)29(36)33-26-4-2-23-15-32-8-6-20(23)14-26/h2-5,7,9-14,17,32H,6,8,15-16H2,1H3,(H,33,36). The maximum Gasteiger partial charge on any atom is 0.258 e. The van der Waals surface area contributed by atoms with Gasteiger partial charge >= 0.3 is 0 Å². The Morgan fingerprint density at radius 3 is 2.84 bits per heavy atom. The number of fused-ring (bicyclic) bond motifs is 2. The number of hydrogen-bond donors (Lipinski definition) is 2. The van der Waals surface area contributed by atoms with Crippen LogP contribution in [0, 0.1) is 12.7 Å². The fourth-order valence-corrected chi connectivity index (χ4v) is 4.98. The van der Waals surface area contributed by atoms with Crippen LogP contribution in [0.1, 0.15) is 32.7 Å². The minimum Gasteiger partial charge on any atom is -0.364 e. The predicted octanol–water partition coefficient (Wildman–Crippen LogP) is 5.05. The minimum absolute atomic E-state index is 0.130. The Morgan fingerprint density at radius 1 is 1.11 bits per heavy atom. The lowest BCUT2D eigenvalue weighted by molar-refractivity contribution is 0.102. The number of aromatic nitrogens is 2. The van der Waals surface area contributed by atoms with Gasteiger partial charge in [0.25, 0.3) is 11.5 Å². The van der Waals surface area contributed by atoms with Gasteiger partial charge in [-0.25, -0.2) is 4.39 Å². The van der Waals surface area contributed by atoms with E-state index in [0.717, 1.165) is 41.7 Å². The van der Waals surface area contributed by atoms with E-state index >= 15 is 0 Å². The molecule has 1 amide bonds. The van der Waals surface area contributed by atoms with Crippen molar-refractivity contribution in [2.45, 2.75) is 26.4 Å². The molecule has 7 nitrogen and oxygen atoms in total. The highest BCUT2D eigenvalue weighted by molar-refractivity contribution is 6.04. The number of carbonyl (C=O) groups excluding carboxylic acids is 1. The summed E-state index contributed by atoms with van der Waals surface area (Å²) >= 11 is 0. The number of amides is 1. The van der Waals surface area contributed by atoms with Gasteiger partial charge in [-0.1, -0.05) is 17.3 Å². The number of nitrogens with zero attached hydrogens (tertiary/aromatic N) is 2. The molecule has 0 saturated heterocycles. The second kappa shape index (κ2) is 9.72. The number of aryl methyl sites for hydroxylation is 1. The van der Waals surface area contributed by atoms with Crippen molar-refractivity contribution in [1.29, 1.82) is 0 Å². The molecule has 0 aliphatic carbocycles. The second-order valence-electron chi connectivity index (χ2n) is 9.58. The second-order valence-corrected chi connectivity index (χ2v) is 9.58. The van der Waals surface area contributed by atoms with Gasteiger partial charge in [0.1, 0.15) is 12.1 Å². The number of carbonyl (C=O) groups is 1. The van der Waals surface area contributed by atoms with Crippen LogP contribution in [0.2, 0.25) is 0 Å². The number of hydrogen-bond acceptors (Lipinski definition) is 5. The largest absolute Gasteiger partial charge is 0.364 e. The van der Waals surface area contributed by atoms with Gasteiger partial charge < -0.3 is 19.7 Å². The van der Waals surface area contributed by atoms with Crippen molar-refractivity contribution in [2.75, 3.05) is 11.9 Å². The summed E-state index contributed by atoms with van der Waals surface area (Å²) in [5.74, 6) is -0.936. The molecule has 2 aromatic heterocycles. The summed E-state index contributed by atoms with van der Waals surface area (Å²) in [6, 6.07) is 17.4. The summed E-state index contributed by atoms with van der Waals surface area (Å²) in [7, 11) is 0. The van der Waals surface area contributed by atoms with Gasteiger partial charge in [0.15, 0.2) is 0 Å². The van der Waals surface area contributed by atoms with Gasteiger partial charge in [0.05, 0.1) is 12.2 Å². The first-order valence-electron chi connectivity index (χ1n) is 12.4. The van der Waals surface area contributed by atoms with Crippen LogP contribution in [-0.4, -0.2) is 22.2 Å². The molecule has 0 spiro atoms. The van der Waals surface area contributed by atoms with E-state index in [1.54, 1.807) is 24.6 Å².